The fourth-order valence-electron chi connectivity index (χ4n) is 12.0. The van der Waals surface area contributed by atoms with Crippen LogP contribution in [0.25, 0.3) is 0 Å². The average Bonchev–Trinajstić information content (AvgIpc) is 3.95. The van der Waals surface area contributed by atoms with Crippen LogP contribution in [0.4, 0.5) is 0 Å². The molecular formula is C36H42O10. The van der Waals surface area contributed by atoms with Crippen LogP contribution >= 0.6 is 0 Å². The van der Waals surface area contributed by atoms with Gasteiger partial charge in [0, 0.05) is 34.0 Å². The lowest BCUT2D eigenvalue weighted by Gasteiger charge is -2.63. The summed E-state index contributed by atoms with van der Waals surface area (Å²) in [7, 11) is 1.24. The van der Waals surface area contributed by atoms with Gasteiger partial charge in [-0.25, -0.2) is 14.4 Å². The number of carbonyl (C=O) groups excluding carboxylic acids is 4. The maximum atomic E-state index is 14.4. The van der Waals surface area contributed by atoms with E-state index in [9.17, 15) is 34.5 Å². The number of fused-ring (bicyclic) bond motifs is 7. The number of carbonyl (C=O) groups is 4. The van der Waals surface area contributed by atoms with Crippen LogP contribution < -0.4 is 0 Å². The van der Waals surface area contributed by atoms with Gasteiger partial charge in [-0.15, -0.1) is 0 Å². The van der Waals surface area contributed by atoms with E-state index in [4.69, 9.17) is 14.2 Å². The molecule has 1 aliphatic heterocycles. The van der Waals surface area contributed by atoms with Crippen LogP contribution in [-0.2, 0) is 33.4 Å². The van der Waals surface area contributed by atoms with E-state index in [1.807, 2.05) is 6.92 Å². The molecule has 12 atom stereocenters. The van der Waals surface area contributed by atoms with Crippen LogP contribution in [0.1, 0.15) is 60.3 Å². The van der Waals surface area contributed by atoms with Crippen molar-refractivity contribution in [2.24, 2.45) is 52.3 Å². The Hall–Kier alpha value is -3.08. The number of methoxy groups -OCH3 is 1. The smallest absolute Gasteiger partial charge is 0.337 e. The first-order valence-corrected chi connectivity index (χ1v) is 16.5. The quantitative estimate of drug-likeness (QED) is 0.178. The number of ether oxygens (including phenoxy) is 3. The van der Waals surface area contributed by atoms with Gasteiger partial charge in [0.05, 0.1) is 25.2 Å². The highest BCUT2D eigenvalue weighted by atomic mass is 16.6. The SMILES string of the molecule is C/C=C(\C)C(=O)OCC1(O)C2CC2C2(C)C1CC1=C(CO)C(=O)OC13C1C4=C(CC32)C2CC2C4(C)C(O)C(=O)/C1=C(/C)C(=O)OC. The summed E-state index contributed by atoms with van der Waals surface area (Å²) >= 11 is 0. The summed E-state index contributed by atoms with van der Waals surface area (Å²) in [5.74, 6) is -3.92. The Morgan fingerprint density at radius 2 is 1.76 bits per heavy atom. The van der Waals surface area contributed by atoms with Gasteiger partial charge in [0.15, 0.2) is 5.78 Å². The van der Waals surface area contributed by atoms with Gasteiger partial charge in [-0.05, 0) is 86.7 Å². The van der Waals surface area contributed by atoms with Gasteiger partial charge in [0.1, 0.15) is 23.9 Å². The summed E-state index contributed by atoms with van der Waals surface area (Å²) in [5.41, 5.74) is -0.913. The molecule has 12 unspecified atom stereocenters. The van der Waals surface area contributed by atoms with Gasteiger partial charge in [-0.1, -0.05) is 25.5 Å². The van der Waals surface area contributed by atoms with Crippen LogP contribution in [0.15, 0.2) is 45.1 Å². The van der Waals surface area contributed by atoms with E-state index in [-0.39, 0.29) is 53.4 Å². The maximum absolute atomic E-state index is 14.4. The second-order valence-corrected chi connectivity index (χ2v) is 15.6. The standard InChI is InChI=1S/C36H42O10/c1-7-14(2)30(40)45-13-35(43)22-10-21(22)33(4)23(35)11-20-18(12-37)32(42)46-36(20)24(33)9-17-16-8-19(16)34(5)26(17)27(36)25(28(38)29(34)39)15(3)31(41)44-6/h7,16,19,21-24,27,29,37,39,43H,8-13H2,1-6H3/b14-7+,25-15-. The van der Waals surface area contributed by atoms with Crippen LogP contribution in [0.3, 0.4) is 0 Å². The lowest BCUT2D eigenvalue weighted by molar-refractivity contribution is -0.191. The van der Waals surface area contributed by atoms with E-state index in [0.717, 1.165) is 24.0 Å². The summed E-state index contributed by atoms with van der Waals surface area (Å²) in [6.45, 7) is 8.25. The Labute approximate surface area is 267 Å². The summed E-state index contributed by atoms with van der Waals surface area (Å²) in [4.78, 5) is 54.0. The maximum Gasteiger partial charge on any atom is 0.337 e. The Kier molecular flexibility index (Phi) is 5.97. The van der Waals surface area contributed by atoms with E-state index in [2.05, 4.69) is 6.92 Å². The van der Waals surface area contributed by atoms with Crippen LogP contribution in [0, 0.1) is 52.3 Å². The molecule has 46 heavy (non-hydrogen) atoms. The summed E-state index contributed by atoms with van der Waals surface area (Å²) in [6.07, 6.45) is 2.62. The first kappa shape index (κ1) is 30.3. The number of aliphatic hydroxyl groups excluding tert-OH is 2. The van der Waals surface area contributed by atoms with E-state index in [1.165, 1.54) is 14.0 Å². The molecule has 0 bridgehead atoms. The van der Waals surface area contributed by atoms with Crippen molar-refractivity contribution >= 4 is 23.7 Å². The van der Waals surface area contributed by atoms with E-state index < -0.39 is 76.2 Å². The minimum atomic E-state index is -1.39. The number of rotatable bonds is 5. The van der Waals surface area contributed by atoms with Crippen molar-refractivity contribution in [3.63, 3.8) is 0 Å². The number of esters is 3. The van der Waals surface area contributed by atoms with Crippen molar-refractivity contribution in [1.82, 2.24) is 0 Å². The van der Waals surface area contributed by atoms with Gasteiger partial charge in [0.25, 0.3) is 0 Å². The van der Waals surface area contributed by atoms with Crippen molar-refractivity contribution < 1.29 is 48.7 Å². The number of Topliss-reactive ketones (excluding diaryl/α,β-unsaturated/α-hetero) is 1. The number of aliphatic hydroxyl groups is 3. The summed E-state index contributed by atoms with van der Waals surface area (Å²) in [6, 6.07) is 0. The van der Waals surface area contributed by atoms with Gasteiger partial charge < -0.3 is 29.5 Å². The minimum absolute atomic E-state index is 0.0493. The zero-order valence-corrected chi connectivity index (χ0v) is 27.1. The molecule has 1 spiro atoms. The molecule has 0 aromatic carbocycles. The van der Waals surface area contributed by atoms with Crippen LogP contribution in [-0.4, -0.2) is 76.6 Å². The Morgan fingerprint density at radius 1 is 1.04 bits per heavy atom. The largest absolute Gasteiger partial charge is 0.466 e. The third-order valence-electron chi connectivity index (χ3n) is 14.3. The summed E-state index contributed by atoms with van der Waals surface area (Å²) < 4.78 is 17.4. The minimum Gasteiger partial charge on any atom is -0.466 e. The van der Waals surface area contributed by atoms with Gasteiger partial charge in [0.2, 0.25) is 0 Å². The zero-order valence-electron chi connectivity index (χ0n) is 27.1. The fraction of sp³-hybridized carbons (Fsp3) is 0.667. The predicted molar refractivity (Wildman–Crippen MR) is 160 cm³/mol. The zero-order chi connectivity index (χ0) is 33.0. The number of hydrogen-bond acceptors (Lipinski definition) is 10. The molecule has 0 radical (unpaired) electrons. The first-order valence-electron chi connectivity index (χ1n) is 16.5. The van der Waals surface area contributed by atoms with Crippen molar-refractivity contribution in [1.29, 1.82) is 0 Å². The van der Waals surface area contributed by atoms with Gasteiger partial charge in [-0.3, -0.25) is 4.79 Å². The molecule has 8 rings (SSSR count). The predicted octanol–water partition coefficient (Wildman–Crippen LogP) is 2.51. The Balaban J connectivity index is 1.36. The van der Waals surface area contributed by atoms with Crippen molar-refractivity contribution in [2.75, 3.05) is 20.3 Å². The van der Waals surface area contributed by atoms with E-state index in [0.29, 0.717) is 17.6 Å². The van der Waals surface area contributed by atoms with Gasteiger partial charge >= 0.3 is 17.9 Å². The third-order valence-corrected chi connectivity index (χ3v) is 14.3. The molecule has 7 aliphatic carbocycles. The molecule has 8 aliphatic rings. The molecule has 5 fully saturated rings. The van der Waals surface area contributed by atoms with Crippen molar-refractivity contribution in [3.05, 3.63) is 45.1 Å². The highest BCUT2D eigenvalue weighted by molar-refractivity contribution is 6.09. The molecule has 0 aromatic heterocycles. The normalized spacial score (nSPS) is 48.5. The number of ketones is 1. The molecule has 0 aromatic rings. The molecule has 10 nitrogen and oxygen atoms in total. The van der Waals surface area contributed by atoms with Crippen LogP contribution in [0.5, 0.6) is 0 Å². The first-order chi connectivity index (χ1) is 21.7. The van der Waals surface area contributed by atoms with E-state index >= 15 is 0 Å². The highest BCUT2D eigenvalue weighted by Gasteiger charge is 2.84. The average molecular weight is 635 g/mol. The molecule has 246 valence electrons. The second kappa shape index (κ2) is 9.08. The van der Waals surface area contributed by atoms with E-state index in [1.54, 1.807) is 19.9 Å². The number of allylic oxidation sites excluding steroid dienone is 2. The molecule has 3 N–H and O–H groups in total. The summed E-state index contributed by atoms with van der Waals surface area (Å²) in [5, 5.41) is 34.8. The number of hydrogen-bond donors (Lipinski definition) is 3. The molecule has 10 heteroatoms. The Morgan fingerprint density at radius 3 is 2.41 bits per heavy atom. The highest BCUT2D eigenvalue weighted by Crippen LogP contribution is 2.83. The molecule has 1 heterocycles. The lowest BCUT2D eigenvalue weighted by Crippen LogP contribution is -2.67. The fourth-order valence-corrected chi connectivity index (χ4v) is 12.0. The molecule has 0 amide bonds. The molecular weight excluding hydrogens is 592 g/mol. The van der Waals surface area contributed by atoms with Crippen molar-refractivity contribution in [2.45, 2.75) is 77.6 Å². The third kappa shape index (κ3) is 3.15. The molecule has 0 saturated heterocycles. The topological polar surface area (TPSA) is 157 Å². The van der Waals surface area contributed by atoms with Crippen LogP contribution in [0.2, 0.25) is 0 Å². The van der Waals surface area contributed by atoms with Crippen molar-refractivity contribution in [3.8, 4) is 0 Å². The second-order valence-electron chi connectivity index (χ2n) is 15.6. The molecule has 5 saturated carbocycles. The Bertz CT molecular complexity index is 1680. The lowest BCUT2D eigenvalue weighted by atomic mass is 9.42. The van der Waals surface area contributed by atoms with Gasteiger partial charge in [-0.2, -0.15) is 0 Å². The monoisotopic (exact) mass is 634 g/mol.